The first-order valence-electron chi connectivity index (χ1n) is 5.81. The summed E-state index contributed by atoms with van der Waals surface area (Å²) in [7, 11) is 0. The zero-order chi connectivity index (χ0) is 12.8. The second-order valence-corrected chi connectivity index (χ2v) is 4.14. The number of halogens is 1. The number of benzene rings is 2. The minimum atomic E-state index is 0.645. The fraction of sp³-hybridized carbons (Fsp3) is 0.133. The van der Waals surface area contributed by atoms with Gasteiger partial charge in [-0.05, 0) is 43.3 Å². The Balaban J connectivity index is 2.20. The third kappa shape index (κ3) is 3.34. The second-order valence-electron chi connectivity index (χ2n) is 3.71. The molecule has 0 heterocycles. The van der Waals surface area contributed by atoms with Crippen LogP contribution in [0.2, 0.25) is 5.02 Å². The number of rotatable bonds is 4. The molecule has 3 heteroatoms. The number of aliphatic imine (C=N–C) groups is 1. The Morgan fingerprint density at radius 1 is 1.11 bits per heavy atom. The molecule has 0 amide bonds. The van der Waals surface area contributed by atoms with Crippen LogP contribution < -0.4 is 4.74 Å². The molecule has 0 bridgehead atoms. The van der Waals surface area contributed by atoms with E-state index in [0.717, 1.165) is 17.0 Å². The van der Waals surface area contributed by atoms with Gasteiger partial charge in [0, 0.05) is 16.8 Å². The molecule has 0 spiro atoms. The predicted octanol–water partition coefficient (Wildman–Crippen LogP) is 4.49. The summed E-state index contributed by atoms with van der Waals surface area (Å²) in [4.78, 5) is 4.40. The van der Waals surface area contributed by atoms with Gasteiger partial charge in [0.1, 0.15) is 5.75 Å². The second kappa shape index (κ2) is 6.22. The van der Waals surface area contributed by atoms with Crippen LogP contribution in [0.3, 0.4) is 0 Å². The van der Waals surface area contributed by atoms with E-state index in [4.69, 9.17) is 16.3 Å². The van der Waals surface area contributed by atoms with Gasteiger partial charge in [0.2, 0.25) is 0 Å². The van der Waals surface area contributed by atoms with Crippen molar-refractivity contribution in [3.63, 3.8) is 0 Å². The number of hydrogen-bond donors (Lipinski definition) is 0. The molecular weight excluding hydrogens is 246 g/mol. The molecule has 0 saturated carbocycles. The fourth-order valence-electron chi connectivity index (χ4n) is 1.55. The lowest BCUT2D eigenvalue weighted by atomic mass is 10.2. The molecule has 92 valence electrons. The topological polar surface area (TPSA) is 21.6 Å². The molecule has 0 aromatic heterocycles. The first kappa shape index (κ1) is 12.7. The van der Waals surface area contributed by atoms with Crippen molar-refractivity contribution in [2.45, 2.75) is 6.92 Å². The molecule has 0 unspecified atom stereocenters. The highest BCUT2D eigenvalue weighted by atomic mass is 35.5. The van der Waals surface area contributed by atoms with Crippen molar-refractivity contribution in [1.82, 2.24) is 0 Å². The Labute approximate surface area is 112 Å². The van der Waals surface area contributed by atoms with Gasteiger partial charge in [0.15, 0.2) is 0 Å². The van der Waals surface area contributed by atoms with E-state index in [0.29, 0.717) is 11.6 Å². The molecule has 2 aromatic carbocycles. The summed E-state index contributed by atoms with van der Waals surface area (Å²) in [6.45, 7) is 2.61. The van der Waals surface area contributed by atoms with Crippen LogP contribution in [0, 0.1) is 0 Å². The largest absolute Gasteiger partial charge is 0.493 e. The van der Waals surface area contributed by atoms with Crippen LogP contribution in [0.5, 0.6) is 5.75 Å². The zero-order valence-electron chi connectivity index (χ0n) is 10.1. The quantitative estimate of drug-likeness (QED) is 0.742. The van der Waals surface area contributed by atoms with Gasteiger partial charge in [0.25, 0.3) is 0 Å². The Hall–Kier alpha value is -1.80. The van der Waals surface area contributed by atoms with E-state index in [2.05, 4.69) is 4.99 Å². The van der Waals surface area contributed by atoms with Crippen molar-refractivity contribution in [3.8, 4) is 5.75 Å². The number of hydrogen-bond acceptors (Lipinski definition) is 2. The number of nitrogens with zero attached hydrogens (tertiary/aromatic N) is 1. The van der Waals surface area contributed by atoms with Crippen LogP contribution in [0.1, 0.15) is 12.5 Å². The third-order valence-electron chi connectivity index (χ3n) is 2.40. The predicted molar refractivity (Wildman–Crippen MR) is 76.3 cm³/mol. The van der Waals surface area contributed by atoms with E-state index in [1.54, 1.807) is 6.21 Å². The fourth-order valence-corrected chi connectivity index (χ4v) is 1.67. The molecule has 0 atom stereocenters. The molecule has 0 N–H and O–H groups in total. The van der Waals surface area contributed by atoms with E-state index in [-0.39, 0.29) is 0 Å². The van der Waals surface area contributed by atoms with Gasteiger partial charge >= 0.3 is 0 Å². The molecule has 2 rings (SSSR count). The van der Waals surface area contributed by atoms with Crippen molar-refractivity contribution in [1.29, 1.82) is 0 Å². The van der Waals surface area contributed by atoms with Gasteiger partial charge in [-0.2, -0.15) is 0 Å². The van der Waals surface area contributed by atoms with Crippen molar-refractivity contribution in [2.75, 3.05) is 6.61 Å². The molecule has 0 radical (unpaired) electrons. The van der Waals surface area contributed by atoms with Crippen LogP contribution in [0.4, 0.5) is 5.69 Å². The van der Waals surface area contributed by atoms with Crippen LogP contribution >= 0.6 is 11.6 Å². The summed E-state index contributed by atoms with van der Waals surface area (Å²) in [5, 5.41) is 0.712. The van der Waals surface area contributed by atoms with Crippen LogP contribution in [-0.2, 0) is 0 Å². The van der Waals surface area contributed by atoms with Crippen molar-refractivity contribution >= 4 is 23.5 Å². The Morgan fingerprint density at radius 2 is 1.83 bits per heavy atom. The van der Waals surface area contributed by atoms with E-state index in [1.165, 1.54) is 0 Å². The maximum Gasteiger partial charge on any atom is 0.128 e. The van der Waals surface area contributed by atoms with E-state index >= 15 is 0 Å². The van der Waals surface area contributed by atoms with E-state index in [1.807, 2.05) is 55.5 Å². The highest BCUT2D eigenvalue weighted by Gasteiger charge is 1.98. The van der Waals surface area contributed by atoms with Gasteiger partial charge < -0.3 is 4.74 Å². The maximum atomic E-state index is 5.82. The Bertz CT molecular complexity index is 534. The summed E-state index contributed by atoms with van der Waals surface area (Å²) in [6, 6.07) is 15.2. The molecule has 0 aliphatic heterocycles. The molecule has 2 nitrogen and oxygen atoms in total. The van der Waals surface area contributed by atoms with Crippen LogP contribution in [-0.4, -0.2) is 12.8 Å². The van der Waals surface area contributed by atoms with Gasteiger partial charge in [-0.15, -0.1) is 0 Å². The Kier molecular flexibility index (Phi) is 4.37. The lowest BCUT2D eigenvalue weighted by Gasteiger charge is -2.05. The molecule has 0 saturated heterocycles. The highest BCUT2D eigenvalue weighted by molar-refractivity contribution is 6.30. The van der Waals surface area contributed by atoms with Gasteiger partial charge in [-0.3, -0.25) is 4.99 Å². The van der Waals surface area contributed by atoms with Crippen molar-refractivity contribution < 1.29 is 4.74 Å². The summed E-state index contributed by atoms with van der Waals surface area (Å²) >= 11 is 5.82. The lowest BCUT2D eigenvalue weighted by Crippen LogP contribution is -1.95. The lowest BCUT2D eigenvalue weighted by molar-refractivity contribution is 0.340. The number of para-hydroxylation sites is 1. The van der Waals surface area contributed by atoms with E-state index < -0.39 is 0 Å². The van der Waals surface area contributed by atoms with Gasteiger partial charge in [-0.1, -0.05) is 23.7 Å². The van der Waals surface area contributed by atoms with Gasteiger partial charge in [0.05, 0.1) is 12.3 Å². The average Bonchev–Trinajstić information content (AvgIpc) is 2.40. The minimum absolute atomic E-state index is 0.645. The normalized spacial score (nSPS) is 10.8. The van der Waals surface area contributed by atoms with Crippen LogP contribution in [0.15, 0.2) is 53.5 Å². The van der Waals surface area contributed by atoms with Crippen LogP contribution in [0.25, 0.3) is 0 Å². The van der Waals surface area contributed by atoms with E-state index in [9.17, 15) is 0 Å². The monoisotopic (exact) mass is 259 g/mol. The molecule has 2 aromatic rings. The van der Waals surface area contributed by atoms with Gasteiger partial charge in [-0.25, -0.2) is 0 Å². The average molecular weight is 260 g/mol. The molecule has 0 aliphatic rings. The standard InChI is InChI=1S/C15H14ClNO/c1-2-18-15-6-4-3-5-12(15)11-17-14-9-7-13(16)8-10-14/h3-11H,2H2,1H3. The maximum absolute atomic E-state index is 5.82. The summed E-state index contributed by atoms with van der Waals surface area (Å²) in [5.41, 5.74) is 1.83. The zero-order valence-corrected chi connectivity index (χ0v) is 10.9. The highest BCUT2D eigenvalue weighted by Crippen LogP contribution is 2.19. The smallest absolute Gasteiger partial charge is 0.128 e. The SMILES string of the molecule is CCOc1ccccc1C=Nc1ccc(Cl)cc1. The third-order valence-corrected chi connectivity index (χ3v) is 2.65. The molecule has 0 fully saturated rings. The summed E-state index contributed by atoms with van der Waals surface area (Å²) in [5.74, 6) is 0.845. The number of ether oxygens (including phenoxy) is 1. The summed E-state index contributed by atoms with van der Waals surface area (Å²) < 4.78 is 5.53. The molecule has 18 heavy (non-hydrogen) atoms. The van der Waals surface area contributed by atoms with Crippen molar-refractivity contribution in [2.24, 2.45) is 4.99 Å². The van der Waals surface area contributed by atoms with Crippen molar-refractivity contribution in [3.05, 3.63) is 59.1 Å². The minimum Gasteiger partial charge on any atom is -0.493 e. The first-order chi connectivity index (χ1) is 8.79. The molecule has 0 aliphatic carbocycles. The summed E-state index contributed by atoms with van der Waals surface area (Å²) in [6.07, 6.45) is 1.80. The molecular formula is C15H14ClNO. The first-order valence-corrected chi connectivity index (χ1v) is 6.19. The Morgan fingerprint density at radius 3 is 2.56 bits per heavy atom.